The molecule has 1 aliphatic heterocycles. The first-order valence-corrected chi connectivity index (χ1v) is 7.44. The first kappa shape index (κ1) is 14.6. The van der Waals surface area contributed by atoms with E-state index in [1.54, 1.807) is 4.68 Å². The zero-order valence-corrected chi connectivity index (χ0v) is 12.8. The van der Waals surface area contributed by atoms with Gasteiger partial charge in [-0.05, 0) is 47.5 Å². The Hall–Kier alpha value is -2.28. The minimum absolute atomic E-state index is 0.0492. The van der Waals surface area contributed by atoms with Gasteiger partial charge in [-0.1, -0.05) is 6.92 Å². The molecule has 7 nitrogen and oxygen atoms in total. The Morgan fingerprint density at radius 2 is 2.32 bits per heavy atom. The van der Waals surface area contributed by atoms with Gasteiger partial charge in [-0.3, -0.25) is 4.79 Å². The molecule has 1 aliphatic rings. The molecular formula is C15H19N5O2. The quantitative estimate of drug-likeness (QED) is 0.852. The molecule has 0 N–H and O–H groups in total. The van der Waals surface area contributed by atoms with Crippen molar-refractivity contribution < 1.29 is 9.53 Å². The summed E-state index contributed by atoms with van der Waals surface area (Å²) in [4.78, 5) is 14.5. The number of aryl methyl sites for hydroxylation is 1. The van der Waals surface area contributed by atoms with Crippen LogP contribution in [0, 0.1) is 6.92 Å². The number of hydrogen-bond acceptors (Lipinski definition) is 5. The van der Waals surface area contributed by atoms with Gasteiger partial charge in [0.1, 0.15) is 6.33 Å². The van der Waals surface area contributed by atoms with Gasteiger partial charge >= 0.3 is 0 Å². The van der Waals surface area contributed by atoms with Crippen LogP contribution >= 0.6 is 0 Å². The highest BCUT2D eigenvalue weighted by atomic mass is 16.5. The van der Waals surface area contributed by atoms with Crippen LogP contribution < -0.4 is 0 Å². The van der Waals surface area contributed by atoms with Gasteiger partial charge in [0, 0.05) is 18.7 Å². The number of amides is 1. The predicted molar refractivity (Wildman–Crippen MR) is 79.8 cm³/mol. The van der Waals surface area contributed by atoms with Crippen molar-refractivity contribution in [2.75, 3.05) is 19.7 Å². The molecule has 1 amide bonds. The lowest BCUT2D eigenvalue weighted by Gasteiger charge is -2.32. The summed E-state index contributed by atoms with van der Waals surface area (Å²) in [5.41, 5.74) is 2.51. The number of tetrazole rings is 1. The molecule has 22 heavy (non-hydrogen) atoms. The Morgan fingerprint density at radius 1 is 1.45 bits per heavy atom. The second-order valence-corrected chi connectivity index (χ2v) is 5.41. The first-order valence-electron chi connectivity index (χ1n) is 7.44. The van der Waals surface area contributed by atoms with Crippen LogP contribution in [0.1, 0.15) is 29.3 Å². The minimum Gasteiger partial charge on any atom is -0.375 e. The van der Waals surface area contributed by atoms with Crippen LogP contribution in [0.5, 0.6) is 0 Å². The van der Waals surface area contributed by atoms with E-state index in [-0.39, 0.29) is 12.0 Å². The predicted octanol–water partition coefficient (Wildman–Crippen LogP) is 1.22. The van der Waals surface area contributed by atoms with Gasteiger partial charge in [0.15, 0.2) is 0 Å². The zero-order chi connectivity index (χ0) is 15.5. The Morgan fingerprint density at radius 3 is 3.00 bits per heavy atom. The Bertz CT molecular complexity index is 656. The van der Waals surface area contributed by atoms with Gasteiger partial charge in [-0.25, -0.2) is 4.68 Å². The number of rotatable bonds is 3. The molecule has 1 atom stereocenters. The summed E-state index contributed by atoms with van der Waals surface area (Å²) in [7, 11) is 0. The first-order chi connectivity index (χ1) is 10.7. The van der Waals surface area contributed by atoms with Crippen LogP contribution in [0.15, 0.2) is 24.5 Å². The third-order valence-corrected chi connectivity index (χ3v) is 3.92. The molecule has 2 heterocycles. The molecule has 0 spiro atoms. The van der Waals surface area contributed by atoms with E-state index in [0.29, 0.717) is 25.3 Å². The van der Waals surface area contributed by atoms with Crippen molar-refractivity contribution in [2.24, 2.45) is 0 Å². The lowest BCUT2D eigenvalue weighted by Crippen LogP contribution is -2.45. The molecule has 1 saturated heterocycles. The molecule has 1 aromatic heterocycles. The van der Waals surface area contributed by atoms with Crippen LogP contribution in [-0.2, 0) is 4.74 Å². The summed E-state index contributed by atoms with van der Waals surface area (Å²) in [5.74, 6) is 0.0492. The minimum atomic E-state index is 0.0492. The molecule has 0 aliphatic carbocycles. The molecule has 1 fully saturated rings. The van der Waals surface area contributed by atoms with Crippen molar-refractivity contribution in [2.45, 2.75) is 26.4 Å². The molecule has 0 radical (unpaired) electrons. The monoisotopic (exact) mass is 301 g/mol. The normalized spacial score (nSPS) is 18.5. The number of ether oxygens (including phenoxy) is 1. The summed E-state index contributed by atoms with van der Waals surface area (Å²) in [6, 6.07) is 5.58. The molecular weight excluding hydrogens is 282 g/mol. The molecule has 116 valence electrons. The van der Waals surface area contributed by atoms with Gasteiger partial charge in [-0.15, -0.1) is 5.10 Å². The van der Waals surface area contributed by atoms with Crippen LogP contribution in [0.2, 0.25) is 0 Å². The number of morpholine rings is 1. The average molecular weight is 301 g/mol. The number of hydrogen-bond donors (Lipinski definition) is 0. The molecule has 1 unspecified atom stereocenters. The second kappa shape index (κ2) is 6.23. The maximum absolute atomic E-state index is 12.6. The summed E-state index contributed by atoms with van der Waals surface area (Å²) in [6.07, 6.45) is 2.60. The van der Waals surface area contributed by atoms with Crippen LogP contribution in [0.3, 0.4) is 0 Å². The summed E-state index contributed by atoms with van der Waals surface area (Å²) in [6.45, 7) is 5.92. The summed E-state index contributed by atoms with van der Waals surface area (Å²) < 4.78 is 7.20. The lowest BCUT2D eigenvalue weighted by molar-refractivity contribution is -0.0226. The third kappa shape index (κ3) is 2.85. The zero-order valence-electron chi connectivity index (χ0n) is 12.8. The lowest BCUT2D eigenvalue weighted by atomic mass is 10.1. The van der Waals surface area contributed by atoms with E-state index in [1.807, 2.05) is 30.0 Å². The fraction of sp³-hybridized carbons (Fsp3) is 0.467. The number of aromatic nitrogens is 4. The Labute approximate surface area is 128 Å². The van der Waals surface area contributed by atoms with E-state index in [2.05, 4.69) is 22.4 Å². The van der Waals surface area contributed by atoms with Crippen molar-refractivity contribution in [3.8, 4) is 5.69 Å². The van der Waals surface area contributed by atoms with Gasteiger partial charge in [-0.2, -0.15) is 0 Å². The van der Waals surface area contributed by atoms with Crippen LogP contribution in [0.4, 0.5) is 0 Å². The molecule has 0 bridgehead atoms. The standard InChI is InChI=1S/C15H19N5O2/c1-3-13-9-19(6-7-22-13)15(21)12-4-5-14(11(2)8-12)20-10-16-17-18-20/h4-5,8,10,13H,3,6-7,9H2,1-2H3. The van der Waals surface area contributed by atoms with E-state index in [4.69, 9.17) is 4.74 Å². The fourth-order valence-electron chi connectivity index (χ4n) is 2.65. The maximum Gasteiger partial charge on any atom is 0.254 e. The molecule has 2 aromatic rings. The number of carbonyl (C=O) groups is 1. The number of carbonyl (C=O) groups excluding carboxylic acids is 1. The van der Waals surface area contributed by atoms with Gasteiger partial charge in [0.2, 0.25) is 0 Å². The summed E-state index contributed by atoms with van der Waals surface area (Å²) >= 11 is 0. The third-order valence-electron chi connectivity index (χ3n) is 3.92. The van der Waals surface area contributed by atoms with Crippen LogP contribution in [0.25, 0.3) is 5.69 Å². The van der Waals surface area contributed by atoms with Gasteiger partial charge in [0.25, 0.3) is 5.91 Å². The highest BCUT2D eigenvalue weighted by molar-refractivity contribution is 5.94. The van der Waals surface area contributed by atoms with Crippen molar-refractivity contribution >= 4 is 5.91 Å². The topological polar surface area (TPSA) is 73.1 Å². The maximum atomic E-state index is 12.6. The number of benzene rings is 1. The largest absolute Gasteiger partial charge is 0.375 e. The van der Waals surface area contributed by atoms with Crippen molar-refractivity contribution in [1.29, 1.82) is 0 Å². The van der Waals surface area contributed by atoms with E-state index in [1.165, 1.54) is 6.33 Å². The van der Waals surface area contributed by atoms with Gasteiger partial charge in [0.05, 0.1) is 18.4 Å². The van der Waals surface area contributed by atoms with Crippen molar-refractivity contribution in [3.05, 3.63) is 35.7 Å². The molecule has 1 aromatic carbocycles. The van der Waals surface area contributed by atoms with E-state index in [0.717, 1.165) is 17.7 Å². The smallest absolute Gasteiger partial charge is 0.254 e. The number of nitrogens with zero attached hydrogens (tertiary/aromatic N) is 5. The van der Waals surface area contributed by atoms with E-state index >= 15 is 0 Å². The van der Waals surface area contributed by atoms with Crippen molar-refractivity contribution in [3.63, 3.8) is 0 Å². The van der Waals surface area contributed by atoms with E-state index in [9.17, 15) is 4.79 Å². The Kier molecular flexibility index (Phi) is 4.15. The fourth-order valence-corrected chi connectivity index (χ4v) is 2.65. The van der Waals surface area contributed by atoms with E-state index < -0.39 is 0 Å². The van der Waals surface area contributed by atoms with Gasteiger partial charge < -0.3 is 9.64 Å². The summed E-state index contributed by atoms with van der Waals surface area (Å²) in [5, 5.41) is 11.1. The second-order valence-electron chi connectivity index (χ2n) is 5.41. The Balaban J connectivity index is 1.80. The van der Waals surface area contributed by atoms with Crippen LogP contribution in [-0.4, -0.2) is 56.8 Å². The SMILES string of the molecule is CCC1CN(C(=O)c2ccc(-n3cnnn3)c(C)c2)CCO1. The average Bonchev–Trinajstić information content (AvgIpc) is 3.08. The molecule has 7 heteroatoms. The highest BCUT2D eigenvalue weighted by Gasteiger charge is 2.24. The van der Waals surface area contributed by atoms with Crippen molar-refractivity contribution in [1.82, 2.24) is 25.1 Å². The molecule has 3 rings (SSSR count). The highest BCUT2D eigenvalue weighted by Crippen LogP contribution is 2.17. The molecule has 0 saturated carbocycles.